The van der Waals surface area contributed by atoms with Crippen molar-refractivity contribution in [3.8, 4) is 11.3 Å². The van der Waals surface area contributed by atoms with Crippen LogP contribution in [0, 0.1) is 5.41 Å². The predicted molar refractivity (Wildman–Crippen MR) is 124 cm³/mol. The standard InChI is InChI=1S/C24H30N6O2/c1-16(31)29-11-8-22(26-19-14-32-15-19)20(13-29)24(25)30-9-3-4-18-12-17(5-6-23(18)30)21-7-10-28(2)27-21/h5-7,10,12,19,25-26H,3-4,8-9,11,13-15H2,1-2H3. The lowest BCUT2D eigenvalue weighted by atomic mass is 9.96. The maximum absolute atomic E-state index is 12.1. The summed E-state index contributed by atoms with van der Waals surface area (Å²) in [5.74, 6) is 0.547. The van der Waals surface area contributed by atoms with Crippen molar-refractivity contribution in [1.82, 2.24) is 20.0 Å². The highest BCUT2D eigenvalue weighted by molar-refractivity contribution is 6.09. The summed E-state index contributed by atoms with van der Waals surface area (Å²) in [5.41, 5.74) is 6.39. The van der Waals surface area contributed by atoms with Gasteiger partial charge in [0.15, 0.2) is 0 Å². The summed E-state index contributed by atoms with van der Waals surface area (Å²) < 4.78 is 7.14. The van der Waals surface area contributed by atoms with E-state index in [0.717, 1.165) is 54.0 Å². The molecule has 1 saturated heterocycles. The fourth-order valence-electron chi connectivity index (χ4n) is 4.69. The van der Waals surface area contributed by atoms with Gasteiger partial charge in [0.2, 0.25) is 5.91 Å². The van der Waals surface area contributed by atoms with Gasteiger partial charge in [-0.1, -0.05) is 6.07 Å². The molecule has 8 nitrogen and oxygen atoms in total. The van der Waals surface area contributed by atoms with Gasteiger partial charge in [-0.2, -0.15) is 5.10 Å². The van der Waals surface area contributed by atoms with Crippen LogP contribution >= 0.6 is 0 Å². The van der Waals surface area contributed by atoms with Crippen molar-refractivity contribution in [2.24, 2.45) is 7.05 Å². The number of amidine groups is 1. The molecule has 0 unspecified atom stereocenters. The minimum Gasteiger partial charge on any atom is -0.381 e. The average molecular weight is 435 g/mol. The van der Waals surface area contributed by atoms with E-state index in [1.807, 2.05) is 28.9 Å². The van der Waals surface area contributed by atoms with E-state index in [1.54, 1.807) is 6.92 Å². The van der Waals surface area contributed by atoms with E-state index in [-0.39, 0.29) is 5.91 Å². The molecule has 1 amide bonds. The van der Waals surface area contributed by atoms with Gasteiger partial charge in [0.25, 0.3) is 0 Å². The van der Waals surface area contributed by atoms with Crippen LogP contribution in [0.15, 0.2) is 41.7 Å². The van der Waals surface area contributed by atoms with Gasteiger partial charge in [0.1, 0.15) is 5.84 Å². The third kappa shape index (κ3) is 3.90. The van der Waals surface area contributed by atoms with Crippen molar-refractivity contribution in [1.29, 1.82) is 5.41 Å². The van der Waals surface area contributed by atoms with E-state index in [1.165, 1.54) is 5.56 Å². The minimum atomic E-state index is 0.0559. The molecular formula is C24H30N6O2. The minimum absolute atomic E-state index is 0.0559. The highest BCUT2D eigenvalue weighted by Gasteiger charge is 2.31. The van der Waals surface area contributed by atoms with Gasteiger partial charge in [-0.15, -0.1) is 0 Å². The normalized spacial score (nSPS) is 18.9. The van der Waals surface area contributed by atoms with Gasteiger partial charge >= 0.3 is 0 Å². The van der Waals surface area contributed by atoms with Crippen LogP contribution in [0.25, 0.3) is 11.3 Å². The number of benzene rings is 1. The Morgan fingerprint density at radius 3 is 2.75 bits per heavy atom. The Labute approximate surface area is 188 Å². The molecule has 2 N–H and O–H groups in total. The number of carbonyl (C=O) groups is 1. The second-order valence-electron chi connectivity index (χ2n) is 8.85. The lowest BCUT2D eigenvalue weighted by Crippen LogP contribution is -2.50. The maximum atomic E-state index is 12.1. The van der Waals surface area contributed by atoms with Crippen LogP contribution in [0.3, 0.4) is 0 Å². The summed E-state index contributed by atoms with van der Waals surface area (Å²) in [6.07, 6.45) is 4.68. The number of fused-ring (bicyclic) bond motifs is 1. The van der Waals surface area contributed by atoms with Crippen molar-refractivity contribution >= 4 is 17.4 Å². The third-order valence-corrected chi connectivity index (χ3v) is 6.57. The predicted octanol–water partition coefficient (Wildman–Crippen LogP) is 2.31. The van der Waals surface area contributed by atoms with Crippen molar-refractivity contribution < 1.29 is 9.53 Å². The number of aromatic nitrogens is 2. The van der Waals surface area contributed by atoms with Crippen molar-refractivity contribution in [2.45, 2.75) is 32.2 Å². The maximum Gasteiger partial charge on any atom is 0.219 e. The zero-order valence-electron chi connectivity index (χ0n) is 18.7. The molecule has 0 bridgehead atoms. The smallest absolute Gasteiger partial charge is 0.219 e. The van der Waals surface area contributed by atoms with Crippen LogP contribution in [0.5, 0.6) is 0 Å². The van der Waals surface area contributed by atoms with Gasteiger partial charge in [0, 0.05) is 62.2 Å². The van der Waals surface area contributed by atoms with E-state index in [4.69, 9.17) is 10.1 Å². The van der Waals surface area contributed by atoms with Gasteiger partial charge < -0.3 is 19.9 Å². The molecule has 0 saturated carbocycles. The number of anilines is 1. The Morgan fingerprint density at radius 1 is 1.22 bits per heavy atom. The summed E-state index contributed by atoms with van der Waals surface area (Å²) in [6, 6.07) is 8.74. The fraction of sp³-hybridized carbons (Fsp3) is 0.458. The number of ether oxygens (including phenoxy) is 1. The van der Waals surface area contributed by atoms with Gasteiger partial charge in [-0.3, -0.25) is 14.9 Å². The number of hydrogen-bond acceptors (Lipinski definition) is 5. The second-order valence-corrected chi connectivity index (χ2v) is 8.85. The Bertz CT molecular complexity index is 1080. The van der Waals surface area contributed by atoms with Crippen LogP contribution in [0.2, 0.25) is 0 Å². The Hall–Kier alpha value is -3.13. The van der Waals surface area contributed by atoms with Crippen LogP contribution in [-0.2, 0) is 23.0 Å². The first-order valence-electron chi connectivity index (χ1n) is 11.3. The molecule has 0 aliphatic carbocycles. The molecule has 168 valence electrons. The quantitative estimate of drug-likeness (QED) is 0.570. The summed E-state index contributed by atoms with van der Waals surface area (Å²) in [5, 5.41) is 17.3. The fourth-order valence-corrected chi connectivity index (χ4v) is 4.69. The van der Waals surface area contributed by atoms with E-state index in [2.05, 4.69) is 33.5 Å². The molecule has 8 heteroatoms. The molecule has 0 spiro atoms. The number of carbonyl (C=O) groups excluding carboxylic acids is 1. The molecule has 3 aliphatic heterocycles. The number of hydrogen-bond donors (Lipinski definition) is 2. The van der Waals surface area contributed by atoms with Crippen molar-refractivity contribution in [3.05, 3.63) is 47.3 Å². The molecule has 0 atom stereocenters. The summed E-state index contributed by atoms with van der Waals surface area (Å²) >= 11 is 0. The molecule has 1 fully saturated rings. The first-order valence-corrected chi connectivity index (χ1v) is 11.3. The van der Waals surface area contributed by atoms with Gasteiger partial charge in [0.05, 0.1) is 31.5 Å². The van der Waals surface area contributed by atoms with Crippen LogP contribution in [-0.4, -0.2) is 65.3 Å². The lowest BCUT2D eigenvalue weighted by molar-refractivity contribution is -0.128. The van der Waals surface area contributed by atoms with Crippen molar-refractivity contribution in [2.75, 3.05) is 37.7 Å². The zero-order chi connectivity index (χ0) is 22.2. The van der Waals surface area contributed by atoms with Gasteiger partial charge in [-0.05, 0) is 36.6 Å². The molecule has 0 radical (unpaired) electrons. The van der Waals surface area contributed by atoms with Crippen LogP contribution in [0.1, 0.15) is 25.3 Å². The highest BCUT2D eigenvalue weighted by atomic mass is 16.5. The monoisotopic (exact) mass is 434 g/mol. The Kier molecular flexibility index (Phi) is 5.46. The molecule has 4 heterocycles. The average Bonchev–Trinajstić information content (AvgIpc) is 3.21. The molecule has 2 aromatic rings. The van der Waals surface area contributed by atoms with Gasteiger partial charge in [-0.25, -0.2) is 0 Å². The summed E-state index contributed by atoms with van der Waals surface area (Å²) in [6.45, 7) is 4.97. The van der Waals surface area contributed by atoms with E-state index >= 15 is 0 Å². The van der Waals surface area contributed by atoms with Crippen LogP contribution in [0.4, 0.5) is 5.69 Å². The highest BCUT2D eigenvalue weighted by Crippen LogP contribution is 2.33. The third-order valence-electron chi connectivity index (χ3n) is 6.57. The number of amides is 1. The van der Waals surface area contributed by atoms with Crippen molar-refractivity contribution in [3.63, 3.8) is 0 Å². The lowest BCUT2D eigenvalue weighted by Gasteiger charge is -2.38. The summed E-state index contributed by atoms with van der Waals surface area (Å²) in [7, 11) is 1.93. The summed E-state index contributed by atoms with van der Waals surface area (Å²) in [4.78, 5) is 16.0. The van der Waals surface area contributed by atoms with E-state index in [0.29, 0.717) is 38.2 Å². The van der Waals surface area contributed by atoms with E-state index in [9.17, 15) is 4.79 Å². The molecule has 1 aromatic carbocycles. The number of nitrogens with zero attached hydrogens (tertiary/aromatic N) is 4. The molecule has 32 heavy (non-hydrogen) atoms. The van der Waals surface area contributed by atoms with E-state index < -0.39 is 0 Å². The topological polar surface area (TPSA) is 86.5 Å². The molecule has 5 rings (SSSR count). The first-order chi connectivity index (χ1) is 15.5. The zero-order valence-corrected chi connectivity index (χ0v) is 18.7. The SMILES string of the molecule is CC(=O)N1CCC(NC2COC2)=C(C(=N)N2CCCc3cc(-c4ccn(C)n4)ccc32)C1. The number of nitrogens with one attached hydrogen (secondary N) is 2. The molecule has 3 aliphatic rings. The Balaban J connectivity index is 1.45. The number of rotatable bonds is 4. The molecular weight excluding hydrogens is 404 g/mol. The Morgan fingerprint density at radius 2 is 2.06 bits per heavy atom. The molecule has 1 aromatic heterocycles. The van der Waals surface area contributed by atoms with Crippen LogP contribution < -0.4 is 10.2 Å². The first kappa shape index (κ1) is 20.8. The largest absolute Gasteiger partial charge is 0.381 e. The number of aryl methyl sites for hydroxylation is 2. The second kappa shape index (κ2) is 8.43.